The van der Waals surface area contributed by atoms with Gasteiger partial charge in [-0.25, -0.2) is 9.18 Å². The van der Waals surface area contributed by atoms with Crippen LogP contribution in [0.2, 0.25) is 0 Å². The number of rotatable bonds is 4. The van der Waals surface area contributed by atoms with Gasteiger partial charge in [0.1, 0.15) is 5.82 Å². The van der Waals surface area contributed by atoms with Crippen molar-refractivity contribution in [3.63, 3.8) is 0 Å². The molecular weight excluding hydrogens is 267 g/mol. The van der Waals surface area contributed by atoms with Crippen LogP contribution in [-0.2, 0) is 0 Å². The maximum Gasteiger partial charge on any atom is 0.319 e. The second-order valence-corrected chi connectivity index (χ2v) is 5.30. The van der Waals surface area contributed by atoms with Gasteiger partial charge in [0.15, 0.2) is 0 Å². The Labute approximate surface area is 123 Å². The predicted molar refractivity (Wildman–Crippen MR) is 80.5 cm³/mol. The van der Waals surface area contributed by atoms with Gasteiger partial charge in [0.05, 0.1) is 11.7 Å². The molecule has 0 aliphatic heterocycles. The van der Waals surface area contributed by atoms with Gasteiger partial charge in [0.2, 0.25) is 0 Å². The smallest absolute Gasteiger partial charge is 0.319 e. The Morgan fingerprint density at radius 1 is 1.05 bits per heavy atom. The number of hydrogen-bond donors (Lipinski definition) is 2. The molecule has 0 spiro atoms. The van der Waals surface area contributed by atoms with Crippen LogP contribution in [0.3, 0.4) is 0 Å². The zero-order valence-corrected chi connectivity index (χ0v) is 11.6. The molecular formula is C17H17FN2O. The van der Waals surface area contributed by atoms with Crippen LogP contribution >= 0.6 is 0 Å². The number of benzene rings is 2. The lowest BCUT2D eigenvalue weighted by Crippen LogP contribution is -2.33. The van der Waals surface area contributed by atoms with Crippen molar-refractivity contribution in [1.29, 1.82) is 0 Å². The van der Waals surface area contributed by atoms with Crippen molar-refractivity contribution in [2.75, 3.05) is 5.32 Å². The molecule has 3 rings (SSSR count). The number of nitrogens with one attached hydrogen (secondary N) is 2. The molecule has 0 aromatic heterocycles. The normalized spacial score (nSPS) is 15.3. The molecule has 2 N–H and O–H groups in total. The number of carbonyl (C=O) groups excluding carboxylic acids is 1. The van der Waals surface area contributed by atoms with Crippen molar-refractivity contribution in [3.8, 4) is 0 Å². The molecule has 21 heavy (non-hydrogen) atoms. The van der Waals surface area contributed by atoms with Crippen molar-refractivity contribution < 1.29 is 9.18 Å². The van der Waals surface area contributed by atoms with Gasteiger partial charge in [-0.3, -0.25) is 0 Å². The van der Waals surface area contributed by atoms with Crippen LogP contribution < -0.4 is 10.6 Å². The largest absolute Gasteiger partial charge is 0.331 e. The summed E-state index contributed by atoms with van der Waals surface area (Å²) in [6, 6.07) is 15.6. The summed E-state index contributed by atoms with van der Waals surface area (Å²) in [6.07, 6.45) is 2.22. The zero-order valence-electron chi connectivity index (χ0n) is 11.6. The van der Waals surface area contributed by atoms with Crippen LogP contribution in [0.5, 0.6) is 0 Å². The van der Waals surface area contributed by atoms with E-state index in [0.717, 1.165) is 18.4 Å². The Bertz CT molecular complexity index is 626. The number of urea groups is 1. The molecule has 1 unspecified atom stereocenters. The van der Waals surface area contributed by atoms with Crippen LogP contribution in [0.4, 0.5) is 14.9 Å². The van der Waals surface area contributed by atoms with Crippen molar-refractivity contribution in [2.24, 2.45) is 5.92 Å². The Balaban J connectivity index is 1.69. The highest BCUT2D eigenvalue weighted by atomic mass is 19.1. The van der Waals surface area contributed by atoms with E-state index in [9.17, 15) is 9.18 Å². The van der Waals surface area contributed by atoms with Gasteiger partial charge in [0.25, 0.3) is 0 Å². The average molecular weight is 284 g/mol. The Morgan fingerprint density at radius 3 is 2.38 bits per heavy atom. The lowest BCUT2D eigenvalue weighted by atomic mass is 10.0. The molecule has 0 radical (unpaired) electrons. The number of hydrogen-bond acceptors (Lipinski definition) is 1. The van der Waals surface area contributed by atoms with E-state index in [2.05, 4.69) is 10.6 Å². The molecule has 108 valence electrons. The molecule has 1 atom stereocenters. The van der Waals surface area contributed by atoms with Crippen molar-refractivity contribution in [2.45, 2.75) is 18.9 Å². The Hall–Kier alpha value is -2.36. The average Bonchev–Trinajstić information content (AvgIpc) is 3.33. The summed E-state index contributed by atoms with van der Waals surface area (Å²) < 4.78 is 13.5. The lowest BCUT2D eigenvalue weighted by Gasteiger charge is -2.19. The third kappa shape index (κ3) is 3.40. The topological polar surface area (TPSA) is 41.1 Å². The Kier molecular flexibility index (Phi) is 3.86. The molecule has 2 aromatic rings. The highest BCUT2D eigenvalue weighted by Crippen LogP contribution is 2.40. The fourth-order valence-electron chi connectivity index (χ4n) is 2.43. The third-order valence-electron chi connectivity index (χ3n) is 3.66. The summed E-state index contributed by atoms with van der Waals surface area (Å²) in [5.74, 6) is 0.0362. The first-order chi connectivity index (χ1) is 10.2. The quantitative estimate of drug-likeness (QED) is 0.872. The van der Waals surface area contributed by atoms with Crippen molar-refractivity contribution in [3.05, 3.63) is 66.0 Å². The molecule has 1 fully saturated rings. The summed E-state index contributed by atoms with van der Waals surface area (Å²) >= 11 is 0. The zero-order chi connectivity index (χ0) is 14.7. The maximum absolute atomic E-state index is 13.5. The minimum absolute atomic E-state index is 0.0158. The molecule has 0 bridgehead atoms. The molecule has 3 nitrogen and oxygen atoms in total. The second-order valence-electron chi connectivity index (χ2n) is 5.30. The minimum Gasteiger partial charge on any atom is -0.331 e. The van der Waals surface area contributed by atoms with Crippen LogP contribution in [0.25, 0.3) is 0 Å². The first-order valence-corrected chi connectivity index (χ1v) is 7.11. The fraction of sp³-hybridized carbons (Fsp3) is 0.235. The molecule has 0 heterocycles. The van der Waals surface area contributed by atoms with Gasteiger partial charge >= 0.3 is 6.03 Å². The van der Waals surface area contributed by atoms with Crippen molar-refractivity contribution in [1.82, 2.24) is 5.32 Å². The number of para-hydroxylation sites is 1. The molecule has 2 amide bonds. The number of amides is 2. The van der Waals surface area contributed by atoms with Gasteiger partial charge in [0, 0.05) is 0 Å². The molecule has 1 aliphatic carbocycles. The van der Waals surface area contributed by atoms with E-state index >= 15 is 0 Å². The lowest BCUT2D eigenvalue weighted by molar-refractivity contribution is 0.247. The molecule has 1 aliphatic rings. The molecule has 2 aromatic carbocycles. The second kappa shape index (κ2) is 5.95. The maximum atomic E-state index is 13.5. The SMILES string of the molecule is O=C(Nc1ccccc1F)NC(c1ccccc1)C1CC1. The molecule has 0 saturated heterocycles. The van der Waals surface area contributed by atoms with Gasteiger partial charge in [-0.1, -0.05) is 42.5 Å². The van der Waals surface area contributed by atoms with Gasteiger partial charge < -0.3 is 10.6 Å². The van der Waals surface area contributed by atoms with Crippen LogP contribution in [0.15, 0.2) is 54.6 Å². The molecule has 4 heteroatoms. The molecule has 1 saturated carbocycles. The highest BCUT2D eigenvalue weighted by Gasteiger charge is 2.33. The minimum atomic E-state index is -0.435. The van der Waals surface area contributed by atoms with Crippen LogP contribution in [0, 0.1) is 11.7 Å². The van der Waals surface area contributed by atoms with E-state index in [1.54, 1.807) is 18.2 Å². The van der Waals surface area contributed by atoms with Gasteiger partial charge in [-0.05, 0) is 36.5 Å². The van der Waals surface area contributed by atoms with Gasteiger partial charge in [-0.2, -0.15) is 0 Å². The number of carbonyl (C=O) groups is 1. The van der Waals surface area contributed by atoms with E-state index in [0.29, 0.717) is 5.92 Å². The standard InChI is InChI=1S/C17H17FN2O/c18-14-8-4-5-9-15(14)19-17(21)20-16(13-10-11-13)12-6-2-1-3-7-12/h1-9,13,16H,10-11H2,(H2,19,20,21). The van der Waals surface area contributed by atoms with Crippen LogP contribution in [-0.4, -0.2) is 6.03 Å². The summed E-state index contributed by atoms with van der Waals surface area (Å²) in [7, 11) is 0. The number of anilines is 1. The first-order valence-electron chi connectivity index (χ1n) is 7.11. The van der Waals surface area contributed by atoms with E-state index in [1.807, 2.05) is 30.3 Å². The third-order valence-corrected chi connectivity index (χ3v) is 3.66. The van der Waals surface area contributed by atoms with Gasteiger partial charge in [-0.15, -0.1) is 0 Å². The Morgan fingerprint density at radius 2 is 1.71 bits per heavy atom. The van der Waals surface area contributed by atoms with Crippen molar-refractivity contribution >= 4 is 11.7 Å². The van der Waals surface area contributed by atoms with E-state index < -0.39 is 5.82 Å². The first kappa shape index (κ1) is 13.6. The summed E-state index contributed by atoms with van der Waals surface area (Å²) in [6.45, 7) is 0. The summed E-state index contributed by atoms with van der Waals surface area (Å²) in [5.41, 5.74) is 1.28. The fourth-order valence-corrected chi connectivity index (χ4v) is 2.43. The summed E-state index contributed by atoms with van der Waals surface area (Å²) in [5, 5.41) is 5.52. The number of halogens is 1. The predicted octanol–water partition coefficient (Wildman–Crippen LogP) is 4.10. The van der Waals surface area contributed by atoms with E-state index in [-0.39, 0.29) is 17.8 Å². The summed E-state index contributed by atoms with van der Waals surface area (Å²) in [4.78, 5) is 12.1. The highest BCUT2D eigenvalue weighted by molar-refractivity contribution is 5.89. The monoisotopic (exact) mass is 284 g/mol. The van der Waals surface area contributed by atoms with E-state index in [1.165, 1.54) is 6.07 Å². The van der Waals surface area contributed by atoms with Crippen LogP contribution in [0.1, 0.15) is 24.4 Å². The van der Waals surface area contributed by atoms with E-state index in [4.69, 9.17) is 0 Å².